The zero-order valence-corrected chi connectivity index (χ0v) is 12.4. The molecule has 1 heterocycles. The van der Waals surface area contributed by atoms with Crippen LogP contribution in [0.15, 0.2) is 67.0 Å². The maximum absolute atomic E-state index is 13.6. The number of pyridine rings is 1. The van der Waals surface area contributed by atoms with Crippen LogP contribution >= 0.6 is 0 Å². The third-order valence-corrected chi connectivity index (χ3v) is 3.17. The van der Waals surface area contributed by atoms with Gasteiger partial charge >= 0.3 is 0 Å². The normalized spacial score (nSPS) is 10.2. The molecular weight excluding hydrogens is 314 g/mol. The van der Waals surface area contributed by atoms with Crippen LogP contribution in [0, 0.1) is 11.6 Å². The molecule has 0 unspecified atom stereocenters. The average molecular weight is 326 g/mol. The second kappa shape index (κ2) is 6.87. The molecule has 6 heteroatoms. The second-order valence-electron chi connectivity index (χ2n) is 4.86. The molecule has 0 radical (unpaired) electrons. The summed E-state index contributed by atoms with van der Waals surface area (Å²) < 4.78 is 32.9. The first-order valence-electron chi connectivity index (χ1n) is 7.07. The van der Waals surface area contributed by atoms with Crippen molar-refractivity contribution in [2.75, 3.05) is 5.32 Å². The number of benzene rings is 2. The largest absolute Gasteiger partial charge is 0.457 e. The number of ether oxygens (including phenoxy) is 1. The summed E-state index contributed by atoms with van der Waals surface area (Å²) in [6.07, 6.45) is 3.17. The Morgan fingerprint density at radius 2 is 1.58 bits per heavy atom. The number of carbonyl (C=O) groups is 1. The summed E-state index contributed by atoms with van der Waals surface area (Å²) in [6.45, 7) is 0. The predicted octanol–water partition coefficient (Wildman–Crippen LogP) is 4.40. The van der Waals surface area contributed by atoms with Crippen LogP contribution in [0.3, 0.4) is 0 Å². The van der Waals surface area contributed by atoms with E-state index < -0.39 is 23.1 Å². The topological polar surface area (TPSA) is 51.2 Å². The number of nitrogens with zero attached hydrogens (tertiary/aromatic N) is 1. The van der Waals surface area contributed by atoms with E-state index in [0.717, 1.165) is 12.1 Å². The van der Waals surface area contributed by atoms with Gasteiger partial charge in [0, 0.05) is 24.1 Å². The third kappa shape index (κ3) is 3.55. The summed E-state index contributed by atoms with van der Waals surface area (Å²) in [6, 6.07) is 13.1. The smallest absolute Gasteiger partial charge is 0.261 e. The summed E-state index contributed by atoms with van der Waals surface area (Å²) in [5, 5.41) is 2.45. The standard InChI is InChI=1S/C18H12F2N2O2/c19-15-5-2-6-16(20)17(15)18(23)22-12-3-1-4-14(11-12)24-13-7-9-21-10-8-13/h1-11H,(H,22,23). The van der Waals surface area contributed by atoms with Crippen LogP contribution in [0.1, 0.15) is 10.4 Å². The number of nitrogens with one attached hydrogen (secondary N) is 1. The van der Waals surface area contributed by atoms with Gasteiger partial charge in [-0.25, -0.2) is 8.78 Å². The average Bonchev–Trinajstić information content (AvgIpc) is 2.56. The number of amides is 1. The summed E-state index contributed by atoms with van der Waals surface area (Å²) >= 11 is 0. The van der Waals surface area contributed by atoms with Gasteiger partial charge in [-0.05, 0) is 36.4 Å². The Hall–Kier alpha value is -3.28. The predicted molar refractivity (Wildman–Crippen MR) is 85.1 cm³/mol. The zero-order chi connectivity index (χ0) is 16.9. The van der Waals surface area contributed by atoms with Crippen molar-refractivity contribution in [2.45, 2.75) is 0 Å². The summed E-state index contributed by atoms with van der Waals surface area (Å²) in [5.74, 6) is -1.67. The molecule has 1 aromatic heterocycles. The van der Waals surface area contributed by atoms with E-state index in [1.807, 2.05) is 0 Å². The quantitative estimate of drug-likeness (QED) is 0.773. The van der Waals surface area contributed by atoms with Gasteiger partial charge in [-0.3, -0.25) is 9.78 Å². The summed E-state index contributed by atoms with van der Waals surface area (Å²) in [5.41, 5.74) is -0.271. The van der Waals surface area contributed by atoms with E-state index in [1.54, 1.807) is 48.8 Å². The lowest BCUT2D eigenvalue weighted by Crippen LogP contribution is -2.15. The molecule has 0 saturated carbocycles. The molecular formula is C18H12F2N2O2. The fourth-order valence-corrected chi connectivity index (χ4v) is 2.09. The lowest BCUT2D eigenvalue weighted by atomic mass is 10.1. The molecule has 0 aliphatic carbocycles. The highest BCUT2D eigenvalue weighted by Crippen LogP contribution is 2.24. The minimum atomic E-state index is -0.920. The molecule has 2 aromatic carbocycles. The molecule has 4 nitrogen and oxygen atoms in total. The number of hydrogen-bond acceptors (Lipinski definition) is 3. The van der Waals surface area contributed by atoms with E-state index in [2.05, 4.69) is 10.3 Å². The summed E-state index contributed by atoms with van der Waals surface area (Å²) in [4.78, 5) is 16.0. The number of carbonyl (C=O) groups excluding carboxylic acids is 1. The first-order chi connectivity index (χ1) is 11.6. The maximum atomic E-state index is 13.6. The highest BCUT2D eigenvalue weighted by Gasteiger charge is 2.17. The van der Waals surface area contributed by atoms with Gasteiger partial charge in [0.15, 0.2) is 0 Å². The molecule has 3 aromatic rings. The van der Waals surface area contributed by atoms with Crippen LogP contribution in [-0.4, -0.2) is 10.9 Å². The zero-order valence-electron chi connectivity index (χ0n) is 12.4. The van der Waals surface area contributed by atoms with E-state index in [9.17, 15) is 13.6 Å². The highest BCUT2D eigenvalue weighted by atomic mass is 19.1. The lowest BCUT2D eigenvalue weighted by molar-refractivity contribution is 0.101. The van der Waals surface area contributed by atoms with Gasteiger partial charge in [-0.15, -0.1) is 0 Å². The fraction of sp³-hybridized carbons (Fsp3) is 0. The van der Waals surface area contributed by atoms with Crippen LogP contribution in [0.2, 0.25) is 0 Å². The Bertz CT molecular complexity index is 850. The van der Waals surface area contributed by atoms with E-state index in [-0.39, 0.29) is 0 Å². The Labute approximate surface area is 136 Å². The van der Waals surface area contributed by atoms with Crippen LogP contribution in [0.25, 0.3) is 0 Å². The molecule has 1 amide bonds. The first-order valence-corrected chi connectivity index (χ1v) is 7.07. The van der Waals surface area contributed by atoms with Crippen molar-refractivity contribution >= 4 is 11.6 Å². The minimum absolute atomic E-state index is 0.356. The fourth-order valence-electron chi connectivity index (χ4n) is 2.09. The summed E-state index contributed by atoms with van der Waals surface area (Å²) in [7, 11) is 0. The number of aromatic nitrogens is 1. The lowest BCUT2D eigenvalue weighted by Gasteiger charge is -2.09. The van der Waals surface area contributed by atoms with Crippen LogP contribution < -0.4 is 10.1 Å². The molecule has 0 atom stereocenters. The second-order valence-corrected chi connectivity index (χ2v) is 4.86. The van der Waals surface area contributed by atoms with Crippen molar-refractivity contribution in [3.8, 4) is 11.5 Å². The van der Waals surface area contributed by atoms with Gasteiger partial charge in [0.25, 0.3) is 5.91 Å². The third-order valence-electron chi connectivity index (χ3n) is 3.17. The Morgan fingerprint density at radius 3 is 2.29 bits per heavy atom. The van der Waals surface area contributed by atoms with Gasteiger partial charge in [0.2, 0.25) is 0 Å². The number of anilines is 1. The van der Waals surface area contributed by atoms with Crippen molar-refractivity contribution < 1.29 is 18.3 Å². The van der Waals surface area contributed by atoms with E-state index in [0.29, 0.717) is 17.2 Å². The number of hydrogen-bond donors (Lipinski definition) is 1. The molecule has 24 heavy (non-hydrogen) atoms. The number of halogens is 2. The molecule has 0 saturated heterocycles. The van der Waals surface area contributed by atoms with E-state index in [1.165, 1.54) is 6.07 Å². The van der Waals surface area contributed by atoms with Crippen molar-refractivity contribution in [3.63, 3.8) is 0 Å². The molecule has 0 bridgehead atoms. The molecule has 3 rings (SSSR count). The SMILES string of the molecule is O=C(Nc1cccc(Oc2ccncc2)c1)c1c(F)cccc1F. The number of rotatable bonds is 4. The molecule has 1 N–H and O–H groups in total. The first kappa shape index (κ1) is 15.6. The minimum Gasteiger partial charge on any atom is -0.457 e. The van der Waals surface area contributed by atoms with E-state index in [4.69, 9.17) is 4.74 Å². The van der Waals surface area contributed by atoms with Crippen LogP contribution in [0.4, 0.5) is 14.5 Å². The Kier molecular flexibility index (Phi) is 4.47. The molecule has 0 fully saturated rings. The van der Waals surface area contributed by atoms with Crippen molar-refractivity contribution in [1.29, 1.82) is 0 Å². The highest BCUT2D eigenvalue weighted by molar-refractivity contribution is 6.04. The molecule has 0 aliphatic heterocycles. The molecule has 0 aliphatic rings. The van der Waals surface area contributed by atoms with Gasteiger partial charge in [0.1, 0.15) is 28.7 Å². The monoisotopic (exact) mass is 326 g/mol. The van der Waals surface area contributed by atoms with Crippen LogP contribution in [0.5, 0.6) is 11.5 Å². The van der Waals surface area contributed by atoms with Gasteiger partial charge < -0.3 is 10.1 Å². The Balaban J connectivity index is 1.78. The van der Waals surface area contributed by atoms with Gasteiger partial charge in [-0.2, -0.15) is 0 Å². The van der Waals surface area contributed by atoms with Gasteiger partial charge in [-0.1, -0.05) is 12.1 Å². The van der Waals surface area contributed by atoms with E-state index >= 15 is 0 Å². The Morgan fingerprint density at radius 1 is 0.917 bits per heavy atom. The van der Waals surface area contributed by atoms with Crippen molar-refractivity contribution in [3.05, 3.63) is 84.2 Å². The van der Waals surface area contributed by atoms with Crippen molar-refractivity contribution in [2.24, 2.45) is 0 Å². The molecule has 0 spiro atoms. The maximum Gasteiger partial charge on any atom is 0.261 e. The van der Waals surface area contributed by atoms with Gasteiger partial charge in [0.05, 0.1) is 0 Å². The van der Waals surface area contributed by atoms with Crippen molar-refractivity contribution in [1.82, 2.24) is 4.98 Å². The molecule has 120 valence electrons. The van der Waals surface area contributed by atoms with Crippen LogP contribution in [-0.2, 0) is 0 Å².